The zero-order chi connectivity index (χ0) is 27.7. The highest BCUT2D eigenvalue weighted by molar-refractivity contribution is 7.11. The number of amides is 1. The molecule has 0 N–H and O–H groups in total. The maximum atomic E-state index is 13.7. The van der Waals surface area contributed by atoms with Crippen LogP contribution < -0.4 is 4.90 Å². The van der Waals surface area contributed by atoms with Crippen LogP contribution in [0.3, 0.4) is 0 Å². The molecule has 0 aliphatic carbocycles. The lowest BCUT2D eigenvalue weighted by molar-refractivity contribution is -0.132. The molecule has 3 aromatic rings. The van der Waals surface area contributed by atoms with Gasteiger partial charge in [-0.1, -0.05) is 18.5 Å². The molecule has 39 heavy (non-hydrogen) atoms. The largest absolute Gasteiger partial charge is 0.367 e. The third kappa shape index (κ3) is 6.21. The standard InChI is InChI=1S/C29H37ClN6O2S/c1-5-21(29-31-24-8-9-33(4)17-27(24)39-29)15-26(37)23-16-22(30)6-7-25(23)34-10-12-35(13-11-34)28(38)18-36-20(3)14-19(2)32-36/h6-7,14,16,21H,5,8-13,15,17-18H2,1-4H3. The van der Waals surface area contributed by atoms with Gasteiger partial charge in [0.25, 0.3) is 0 Å². The van der Waals surface area contributed by atoms with Crippen molar-refractivity contribution in [1.82, 2.24) is 24.6 Å². The average Bonchev–Trinajstić information content (AvgIpc) is 3.48. The first-order valence-corrected chi connectivity index (χ1v) is 14.9. The Balaban J connectivity index is 1.26. The number of anilines is 1. The van der Waals surface area contributed by atoms with E-state index < -0.39 is 0 Å². The molecule has 1 fully saturated rings. The molecule has 0 bridgehead atoms. The number of ketones is 1. The van der Waals surface area contributed by atoms with E-state index in [-0.39, 0.29) is 24.2 Å². The van der Waals surface area contributed by atoms with Gasteiger partial charge in [0.2, 0.25) is 5.91 Å². The van der Waals surface area contributed by atoms with Gasteiger partial charge in [0.1, 0.15) is 6.54 Å². The second kappa shape index (κ2) is 11.8. The van der Waals surface area contributed by atoms with Crippen LogP contribution in [0.2, 0.25) is 5.02 Å². The molecule has 2 aromatic heterocycles. The van der Waals surface area contributed by atoms with E-state index in [2.05, 4.69) is 28.9 Å². The highest BCUT2D eigenvalue weighted by atomic mass is 35.5. The van der Waals surface area contributed by atoms with Crippen LogP contribution in [0, 0.1) is 13.8 Å². The van der Waals surface area contributed by atoms with Crippen LogP contribution in [-0.4, -0.2) is 76.0 Å². The zero-order valence-corrected chi connectivity index (χ0v) is 24.8. The number of hydrogen-bond donors (Lipinski definition) is 0. The molecule has 1 unspecified atom stereocenters. The van der Waals surface area contributed by atoms with Gasteiger partial charge < -0.3 is 14.7 Å². The summed E-state index contributed by atoms with van der Waals surface area (Å²) in [6.45, 7) is 10.8. The summed E-state index contributed by atoms with van der Waals surface area (Å²) in [6.07, 6.45) is 2.24. The average molecular weight is 569 g/mol. The summed E-state index contributed by atoms with van der Waals surface area (Å²) < 4.78 is 1.77. The van der Waals surface area contributed by atoms with E-state index in [9.17, 15) is 9.59 Å². The van der Waals surface area contributed by atoms with E-state index in [1.165, 1.54) is 10.6 Å². The predicted molar refractivity (Wildman–Crippen MR) is 156 cm³/mol. The molecule has 8 nitrogen and oxygen atoms in total. The Morgan fingerprint density at radius 2 is 1.87 bits per heavy atom. The number of halogens is 1. The highest BCUT2D eigenvalue weighted by Gasteiger charge is 2.28. The fourth-order valence-corrected chi connectivity index (χ4v) is 7.07. The van der Waals surface area contributed by atoms with Crippen LogP contribution in [0.15, 0.2) is 24.3 Å². The van der Waals surface area contributed by atoms with Crippen molar-refractivity contribution >= 4 is 40.3 Å². The van der Waals surface area contributed by atoms with Gasteiger partial charge in [-0.3, -0.25) is 14.3 Å². The third-order valence-electron chi connectivity index (χ3n) is 7.83. The SMILES string of the molecule is CCC(CC(=O)c1cc(Cl)ccc1N1CCN(C(=O)Cn2nc(C)cc2C)CC1)c1nc2c(s1)CN(C)CC2. The van der Waals surface area contributed by atoms with Gasteiger partial charge in [-0.15, -0.1) is 11.3 Å². The molecule has 1 amide bonds. The molecule has 10 heteroatoms. The van der Waals surface area contributed by atoms with E-state index >= 15 is 0 Å². The summed E-state index contributed by atoms with van der Waals surface area (Å²) in [5, 5.41) is 6.05. The molecule has 4 heterocycles. The summed E-state index contributed by atoms with van der Waals surface area (Å²) >= 11 is 8.14. The van der Waals surface area contributed by atoms with Crippen molar-refractivity contribution in [3.05, 3.63) is 61.8 Å². The molecule has 1 atom stereocenters. The van der Waals surface area contributed by atoms with E-state index in [1.54, 1.807) is 22.1 Å². The fraction of sp³-hybridized carbons (Fsp3) is 0.517. The number of hydrogen-bond acceptors (Lipinski definition) is 7. The molecular formula is C29H37ClN6O2S. The highest BCUT2D eigenvalue weighted by Crippen LogP contribution is 2.35. The predicted octanol–water partition coefficient (Wildman–Crippen LogP) is 4.71. The Morgan fingerprint density at radius 1 is 1.10 bits per heavy atom. The smallest absolute Gasteiger partial charge is 0.244 e. The van der Waals surface area contributed by atoms with Crippen LogP contribution in [0.25, 0.3) is 0 Å². The number of aryl methyl sites for hydroxylation is 2. The lowest BCUT2D eigenvalue weighted by atomic mass is 9.95. The molecule has 0 saturated carbocycles. The lowest BCUT2D eigenvalue weighted by Gasteiger charge is -2.37. The van der Waals surface area contributed by atoms with E-state index in [1.807, 2.05) is 36.9 Å². The Morgan fingerprint density at radius 3 is 2.56 bits per heavy atom. The Bertz CT molecular complexity index is 1360. The lowest BCUT2D eigenvalue weighted by Crippen LogP contribution is -2.50. The maximum Gasteiger partial charge on any atom is 0.244 e. The summed E-state index contributed by atoms with van der Waals surface area (Å²) in [4.78, 5) is 39.4. The second-order valence-electron chi connectivity index (χ2n) is 10.8. The summed E-state index contributed by atoms with van der Waals surface area (Å²) in [6, 6.07) is 7.57. The molecule has 2 aliphatic rings. The Kier molecular flexibility index (Phi) is 8.40. The van der Waals surface area contributed by atoms with Gasteiger partial charge in [-0.05, 0) is 51.6 Å². The zero-order valence-electron chi connectivity index (χ0n) is 23.2. The van der Waals surface area contributed by atoms with E-state index in [0.717, 1.165) is 48.0 Å². The number of carbonyl (C=O) groups is 2. The van der Waals surface area contributed by atoms with Crippen molar-refractivity contribution < 1.29 is 9.59 Å². The Labute approximate surface area is 239 Å². The van der Waals surface area contributed by atoms with Gasteiger partial charge in [0, 0.05) is 84.9 Å². The van der Waals surface area contributed by atoms with Crippen LogP contribution in [0.1, 0.15) is 63.0 Å². The monoisotopic (exact) mass is 568 g/mol. The van der Waals surface area contributed by atoms with Crippen LogP contribution in [0.4, 0.5) is 5.69 Å². The number of nitrogens with zero attached hydrogens (tertiary/aromatic N) is 6. The second-order valence-corrected chi connectivity index (χ2v) is 12.3. The fourth-order valence-electron chi connectivity index (χ4n) is 5.53. The summed E-state index contributed by atoms with van der Waals surface area (Å²) in [7, 11) is 2.14. The third-order valence-corrected chi connectivity index (χ3v) is 9.31. The topological polar surface area (TPSA) is 74.6 Å². The van der Waals surface area contributed by atoms with Gasteiger partial charge in [-0.25, -0.2) is 4.98 Å². The molecule has 0 radical (unpaired) electrons. The molecule has 0 spiro atoms. The van der Waals surface area contributed by atoms with Crippen molar-refractivity contribution in [3.63, 3.8) is 0 Å². The summed E-state index contributed by atoms with van der Waals surface area (Å²) in [5.41, 5.74) is 4.65. The molecular weight excluding hydrogens is 532 g/mol. The van der Waals surface area contributed by atoms with Crippen molar-refractivity contribution in [3.8, 4) is 0 Å². The van der Waals surface area contributed by atoms with Gasteiger partial charge in [-0.2, -0.15) is 5.10 Å². The number of aromatic nitrogens is 3. The first-order chi connectivity index (χ1) is 18.7. The van der Waals surface area contributed by atoms with Gasteiger partial charge in [0.05, 0.1) is 16.4 Å². The number of piperazine rings is 1. The number of rotatable bonds is 8. The molecule has 1 aromatic carbocycles. The van der Waals surface area contributed by atoms with E-state index in [4.69, 9.17) is 16.6 Å². The molecule has 2 aliphatic heterocycles. The first-order valence-electron chi connectivity index (χ1n) is 13.7. The van der Waals surface area contributed by atoms with Gasteiger partial charge in [0.15, 0.2) is 5.78 Å². The van der Waals surface area contributed by atoms with E-state index in [0.29, 0.717) is 43.2 Å². The maximum absolute atomic E-state index is 13.7. The van der Waals surface area contributed by atoms with Crippen LogP contribution in [0.5, 0.6) is 0 Å². The van der Waals surface area contributed by atoms with Crippen molar-refractivity contribution in [2.24, 2.45) is 0 Å². The number of carbonyl (C=O) groups excluding carboxylic acids is 2. The molecule has 1 saturated heterocycles. The molecule has 5 rings (SSSR count). The number of likely N-dealkylation sites (N-methyl/N-ethyl adjacent to an activating group) is 1. The minimum atomic E-state index is 0.0661. The van der Waals surface area contributed by atoms with Crippen molar-refractivity contribution in [2.45, 2.75) is 59.0 Å². The van der Waals surface area contributed by atoms with Crippen molar-refractivity contribution in [2.75, 3.05) is 44.7 Å². The van der Waals surface area contributed by atoms with Crippen LogP contribution >= 0.6 is 22.9 Å². The minimum Gasteiger partial charge on any atom is -0.367 e. The number of Topliss-reactive ketones (excluding diaryl/α,β-unsaturated/α-hetero) is 1. The normalized spacial score (nSPS) is 16.8. The first kappa shape index (κ1) is 27.8. The summed E-state index contributed by atoms with van der Waals surface area (Å²) in [5.74, 6) is 0.248. The minimum absolute atomic E-state index is 0.0661. The van der Waals surface area contributed by atoms with Crippen molar-refractivity contribution in [1.29, 1.82) is 0 Å². The number of thiazole rings is 1. The quantitative estimate of drug-likeness (QED) is 0.366. The molecule has 208 valence electrons. The number of benzene rings is 1. The number of fused-ring (bicyclic) bond motifs is 1. The van der Waals surface area contributed by atoms with Crippen LogP contribution in [-0.2, 0) is 24.3 Å². The van der Waals surface area contributed by atoms with Gasteiger partial charge >= 0.3 is 0 Å². The Hall–Kier alpha value is -2.75.